The van der Waals surface area contributed by atoms with Gasteiger partial charge in [0.05, 0.1) is 0 Å². The lowest BCUT2D eigenvalue weighted by Crippen LogP contribution is -2.25. The molecule has 3 rings (SSSR count). The molecule has 138 valence electrons. The molecule has 0 bridgehead atoms. The second-order valence-electron chi connectivity index (χ2n) is 6.93. The third-order valence-corrected chi connectivity index (χ3v) is 4.57. The highest BCUT2D eigenvalue weighted by Gasteiger charge is 2.23. The third kappa shape index (κ3) is 4.50. The highest BCUT2D eigenvalue weighted by Crippen LogP contribution is 2.25. The summed E-state index contributed by atoms with van der Waals surface area (Å²) >= 11 is 0. The Morgan fingerprint density at radius 1 is 1.15 bits per heavy atom. The van der Waals surface area contributed by atoms with E-state index in [0.29, 0.717) is 24.1 Å². The Kier molecular flexibility index (Phi) is 5.40. The monoisotopic (exact) mass is 358 g/mol. The summed E-state index contributed by atoms with van der Waals surface area (Å²) in [6, 6.07) is 10.2. The first kappa shape index (κ1) is 18.2. The summed E-state index contributed by atoms with van der Waals surface area (Å²) in [7, 11) is 0. The molecule has 6 heteroatoms. The van der Waals surface area contributed by atoms with Crippen molar-refractivity contribution in [1.82, 2.24) is 0 Å². The highest BCUT2D eigenvalue weighted by molar-refractivity contribution is 5.92. The van der Waals surface area contributed by atoms with Crippen LogP contribution in [0, 0.1) is 31.4 Å². The standard InChI is InChI=1S/C20H24F2N4/c1-13-7-14(2)9-16(8-13)25-20(23)24-11-15-5-6-26(12-15)17-3-4-18(21)19(22)10-17/h3-4,7-10,15H,5-6,11-12H2,1-2H3,(H3,23,24,25). The van der Waals surface area contributed by atoms with Gasteiger partial charge in [0, 0.05) is 37.1 Å². The minimum absolute atomic E-state index is 0.336. The second-order valence-corrected chi connectivity index (χ2v) is 6.93. The number of hydrogen-bond donors (Lipinski definition) is 2. The predicted molar refractivity (Wildman–Crippen MR) is 103 cm³/mol. The number of aliphatic imine (C=N–C) groups is 1. The number of rotatable bonds is 4. The van der Waals surface area contributed by atoms with Crippen LogP contribution in [0.3, 0.4) is 0 Å². The van der Waals surface area contributed by atoms with E-state index in [1.165, 1.54) is 23.3 Å². The molecular weight excluding hydrogens is 334 g/mol. The van der Waals surface area contributed by atoms with Crippen molar-refractivity contribution in [3.63, 3.8) is 0 Å². The number of aryl methyl sites for hydroxylation is 2. The molecule has 1 aliphatic rings. The predicted octanol–water partition coefficient (Wildman–Crippen LogP) is 3.83. The van der Waals surface area contributed by atoms with E-state index in [-0.39, 0.29) is 0 Å². The molecule has 0 radical (unpaired) electrons. The minimum Gasteiger partial charge on any atom is -0.371 e. The lowest BCUT2D eigenvalue weighted by Gasteiger charge is -2.18. The zero-order valence-electron chi connectivity index (χ0n) is 15.1. The van der Waals surface area contributed by atoms with Gasteiger partial charge >= 0.3 is 0 Å². The molecule has 3 N–H and O–H groups in total. The number of nitrogens with two attached hydrogens (primary N) is 1. The van der Waals surface area contributed by atoms with Gasteiger partial charge in [-0.25, -0.2) is 8.78 Å². The number of nitrogens with one attached hydrogen (secondary N) is 1. The quantitative estimate of drug-likeness (QED) is 0.645. The summed E-state index contributed by atoms with van der Waals surface area (Å²) in [6.07, 6.45) is 0.944. The summed E-state index contributed by atoms with van der Waals surface area (Å²) in [5, 5.41) is 3.13. The van der Waals surface area contributed by atoms with Crippen molar-refractivity contribution in [3.8, 4) is 0 Å². The Hall–Kier alpha value is -2.63. The number of halogens is 2. The van der Waals surface area contributed by atoms with Crippen LogP contribution < -0.4 is 16.0 Å². The van der Waals surface area contributed by atoms with Gasteiger partial charge in [-0.05, 0) is 61.6 Å². The number of hydrogen-bond acceptors (Lipinski definition) is 2. The summed E-state index contributed by atoms with van der Waals surface area (Å²) in [6.45, 7) is 6.23. The lowest BCUT2D eigenvalue weighted by molar-refractivity contribution is 0.508. The maximum atomic E-state index is 13.4. The fraction of sp³-hybridized carbons (Fsp3) is 0.350. The summed E-state index contributed by atoms with van der Waals surface area (Å²) in [4.78, 5) is 6.49. The number of benzene rings is 2. The second kappa shape index (κ2) is 7.72. The van der Waals surface area contributed by atoms with Crippen LogP contribution in [-0.2, 0) is 0 Å². The van der Waals surface area contributed by atoms with E-state index in [2.05, 4.69) is 21.3 Å². The topological polar surface area (TPSA) is 53.6 Å². The van der Waals surface area contributed by atoms with Crippen molar-refractivity contribution < 1.29 is 8.78 Å². The van der Waals surface area contributed by atoms with Gasteiger partial charge in [0.15, 0.2) is 17.6 Å². The van der Waals surface area contributed by atoms with Crippen molar-refractivity contribution >= 4 is 17.3 Å². The SMILES string of the molecule is Cc1cc(C)cc(NC(N)=NCC2CCN(c3ccc(F)c(F)c3)C2)c1. The van der Waals surface area contributed by atoms with Gasteiger partial charge < -0.3 is 16.0 Å². The lowest BCUT2D eigenvalue weighted by atomic mass is 10.1. The molecule has 26 heavy (non-hydrogen) atoms. The summed E-state index contributed by atoms with van der Waals surface area (Å²) in [5.74, 6) is -0.908. The van der Waals surface area contributed by atoms with Crippen LogP contribution in [0.25, 0.3) is 0 Å². The normalized spacial score (nSPS) is 17.6. The van der Waals surface area contributed by atoms with E-state index < -0.39 is 11.6 Å². The average Bonchev–Trinajstić information content (AvgIpc) is 3.03. The van der Waals surface area contributed by atoms with Crippen molar-refractivity contribution in [3.05, 3.63) is 59.2 Å². The van der Waals surface area contributed by atoms with Crippen molar-refractivity contribution in [2.75, 3.05) is 29.9 Å². The molecule has 1 atom stereocenters. The van der Waals surface area contributed by atoms with Gasteiger partial charge in [-0.1, -0.05) is 6.07 Å². The number of guanidine groups is 1. The van der Waals surface area contributed by atoms with Gasteiger partial charge in [0.25, 0.3) is 0 Å². The number of anilines is 2. The maximum absolute atomic E-state index is 13.4. The van der Waals surface area contributed by atoms with E-state index >= 15 is 0 Å². The van der Waals surface area contributed by atoms with Gasteiger partial charge in [-0.2, -0.15) is 0 Å². The van der Waals surface area contributed by atoms with Crippen LogP contribution in [-0.4, -0.2) is 25.6 Å². The molecule has 0 aromatic heterocycles. The summed E-state index contributed by atoms with van der Waals surface area (Å²) in [5.41, 5.74) is 9.96. The number of nitrogens with zero attached hydrogens (tertiary/aromatic N) is 2. The third-order valence-electron chi connectivity index (χ3n) is 4.57. The Bertz CT molecular complexity index is 799. The molecule has 2 aromatic rings. The van der Waals surface area contributed by atoms with Crippen molar-refractivity contribution in [2.45, 2.75) is 20.3 Å². The molecule has 0 amide bonds. The Balaban J connectivity index is 1.56. The van der Waals surface area contributed by atoms with E-state index in [0.717, 1.165) is 25.2 Å². The van der Waals surface area contributed by atoms with E-state index in [1.54, 1.807) is 6.07 Å². The molecule has 1 saturated heterocycles. The van der Waals surface area contributed by atoms with Crippen molar-refractivity contribution in [2.24, 2.45) is 16.6 Å². The molecule has 1 aliphatic heterocycles. The van der Waals surface area contributed by atoms with Crippen LogP contribution in [0.2, 0.25) is 0 Å². The molecular formula is C20H24F2N4. The van der Waals surface area contributed by atoms with Gasteiger partial charge in [0.1, 0.15) is 0 Å². The maximum Gasteiger partial charge on any atom is 0.193 e. The molecule has 1 heterocycles. The zero-order valence-corrected chi connectivity index (χ0v) is 15.1. The first-order valence-corrected chi connectivity index (χ1v) is 8.76. The van der Waals surface area contributed by atoms with E-state index in [9.17, 15) is 8.78 Å². The van der Waals surface area contributed by atoms with Crippen LogP contribution in [0.4, 0.5) is 20.2 Å². The molecule has 4 nitrogen and oxygen atoms in total. The minimum atomic E-state index is -0.820. The van der Waals surface area contributed by atoms with Crippen LogP contribution in [0.15, 0.2) is 41.4 Å². The molecule has 0 saturated carbocycles. The largest absolute Gasteiger partial charge is 0.371 e. The molecule has 0 spiro atoms. The van der Waals surface area contributed by atoms with Crippen LogP contribution >= 0.6 is 0 Å². The van der Waals surface area contributed by atoms with Crippen LogP contribution in [0.1, 0.15) is 17.5 Å². The highest BCUT2D eigenvalue weighted by atomic mass is 19.2. The molecule has 0 aliphatic carbocycles. The first-order valence-electron chi connectivity index (χ1n) is 8.76. The Labute approximate surface area is 152 Å². The molecule has 1 unspecified atom stereocenters. The fourth-order valence-electron chi connectivity index (χ4n) is 3.36. The molecule has 2 aromatic carbocycles. The van der Waals surface area contributed by atoms with Crippen LogP contribution in [0.5, 0.6) is 0 Å². The first-order chi connectivity index (χ1) is 12.4. The fourth-order valence-corrected chi connectivity index (χ4v) is 3.36. The van der Waals surface area contributed by atoms with Gasteiger partial charge in [-0.3, -0.25) is 4.99 Å². The average molecular weight is 358 g/mol. The van der Waals surface area contributed by atoms with E-state index in [1.807, 2.05) is 26.0 Å². The molecule has 1 fully saturated rings. The smallest absolute Gasteiger partial charge is 0.193 e. The van der Waals surface area contributed by atoms with Gasteiger partial charge in [-0.15, -0.1) is 0 Å². The Morgan fingerprint density at radius 2 is 1.88 bits per heavy atom. The zero-order chi connectivity index (χ0) is 18.7. The van der Waals surface area contributed by atoms with Crippen molar-refractivity contribution in [1.29, 1.82) is 0 Å². The van der Waals surface area contributed by atoms with Gasteiger partial charge in [0.2, 0.25) is 0 Å². The Morgan fingerprint density at radius 3 is 2.58 bits per heavy atom. The van der Waals surface area contributed by atoms with E-state index in [4.69, 9.17) is 5.73 Å². The summed E-state index contributed by atoms with van der Waals surface area (Å²) < 4.78 is 26.5.